The molecule has 0 spiro atoms. The van der Waals surface area contributed by atoms with Crippen molar-refractivity contribution in [1.82, 2.24) is 5.32 Å². The van der Waals surface area contributed by atoms with Crippen molar-refractivity contribution in [3.05, 3.63) is 0 Å². The number of hydrogen-bond acceptors (Lipinski definition) is 3. The fourth-order valence-corrected chi connectivity index (χ4v) is 2.59. The summed E-state index contributed by atoms with van der Waals surface area (Å²) in [6, 6.07) is 0. The number of halogens is 1. The summed E-state index contributed by atoms with van der Waals surface area (Å²) in [5, 5.41) is 2.96. The Balaban J connectivity index is 0.00000324. The Morgan fingerprint density at radius 2 is 1.89 bits per heavy atom. The summed E-state index contributed by atoms with van der Waals surface area (Å²) >= 11 is 0. The zero-order chi connectivity index (χ0) is 13.4. The zero-order valence-electron chi connectivity index (χ0n) is 12.2. The summed E-state index contributed by atoms with van der Waals surface area (Å²) in [7, 11) is 0. The number of rotatable bonds is 8. The van der Waals surface area contributed by atoms with Crippen molar-refractivity contribution >= 4 is 18.3 Å². The van der Waals surface area contributed by atoms with Crippen LogP contribution >= 0.6 is 12.4 Å². The average Bonchev–Trinajstić information content (AvgIpc) is 2.90. The first-order chi connectivity index (χ1) is 8.68. The third-order valence-corrected chi connectivity index (χ3v) is 4.27. The van der Waals surface area contributed by atoms with Crippen molar-refractivity contribution in [2.24, 2.45) is 11.1 Å². The maximum Gasteiger partial charge on any atom is 0.227 e. The van der Waals surface area contributed by atoms with Crippen molar-refractivity contribution in [2.45, 2.75) is 58.5 Å². The van der Waals surface area contributed by atoms with Gasteiger partial charge in [-0.3, -0.25) is 4.79 Å². The highest BCUT2D eigenvalue weighted by Crippen LogP contribution is 2.25. The average molecular weight is 293 g/mol. The van der Waals surface area contributed by atoms with Gasteiger partial charge in [-0.2, -0.15) is 0 Å². The van der Waals surface area contributed by atoms with E-state index in [4.69, 9.17) is 10.5 Å². The van der Waals surface area contributed by atoms with Crippen LogP contribution in [-0.4, -0.2) is 31.7 Å². The zero-order valence-corrected chi connectivity index (χ0v) is 13.1. The number of nitrogens with two attached hydrogens (primary N) is 1. The molecule has 1 aliphatic rings. The lowest BCUT2D eigenvalue weighted by atomic mass is 9.81. The lowest BCUT2D eigenvalue weighted by molar-refractivity contribution is -0.131. The van der Waals surface area contributed by atoms with E-state index < -0.39 is 5.41 Å². The van der Waals surface area contributed by atoms with Gasteiger partial charge in [-0.25, -0.2) is 0 Å². The number of carbonyl (C=O) groups is 1. The molecule has 0 bridgehead atoms. The van der Waals surface area contributed by atoms with Gasteiger partial charge in [0.2, 0.25) is 5.91 Å². The number of amides is 1. The van der Waals surface area contributed by atoms with Crippen LogP contribution in [0.15, 0.2) is 0 Å². The molecule has 0 saturated heterocycles. The first-order valence-electron chi connectivity index (χ1n) is 7.28. The van der Waals surface area contributed by atoms with E-state index in [-0.39, 0.29) is 18.3 Å². The summed E-state index contributed by atoms with van der Waals surface area (Å²) in [6.07, 6.45) is 6.89. The molecule has 5 heteroatoms. The number of carbonyl (C=O) groups excluding carboxylic acids is 1. The van der Waals surface area contributed by atoms with E-state index in [9.17, 15) is 4.79 Å². The fourth-order valence-electron chi connectivity index (χ4n) is 2.59. The van der Waals surface area contributed by atoms with Crippen molar-refractivity contribution < 1.29 is 9.53 Å². The maximum atomic E-state index is 12.1. The van der Waals surface area contributed by atoms with Crippen LogP contribution in [-0.2, 0) is 9.53 Å². The number of ether oxygens (including phenoxy) is 1. The topological polar surface area (TPSA) is 64.4 Å². The first-order valence-corrected chi connectivity index (χ1v) is 7.28. The molecule has 1 aliphatic carbocycles. The molecule has 1 rings (SSSR count). The van der Waals surface area contributed by atoms with E-state index in [2.05, 4.69) is 5.32 Å². The largest absolute Gasteiger partial charge is 0.376 e. The van der Waals surface area contributed by atoms with E-state index in [1.165, 1.54) is 25.7 Å². The summed E-state index contributed by atoms with van der Waals surface area (Å²) in [5.74, 6) is 0.0741. The second-order valence-electron chi connectivity index (χ2n) is 5.22. The molecule has 4 nitrogen and oxygen atoms in total. The van der Waals surface area contributed by atoms with Crippen LogP contribution in [0.4, 0.5) is 0 Å². The highest BCUT2D eigenvalue weighted by molar-refractivity contribution is 5.85. The third-order valence-electron chi connectivity index (χ3n) is 4.27. The van der Waals surface area contributed by atoms with Crippen molar-refractivity contribution in [1.29, 1.82) is 0 Å². The van der Waals surface area contributed by atoms with Gasteiger partial charge in [0.25, 0.3) is 0 Å². The normalized spacial score (nSPS) is 16.2. The van der Waals surface area contributed by atoms with Gasteiger partial charge in [-0.05, 0) is 25.7 Å². The summed E-state index contributed by atoms with van der Waals surface area (Å²) in [4.78, 5) is 12.1. The molecule has 0 aromatic carbocycles. The van der Waals surface area contributed by atoms with Crippen LogP contribution in [0.25, 0.3) is 0 Å². The highest BCUT2D eigenvalue weighted by Gasteiger charge is 2.32. The molecule has 0 aromatic heterocycles. The van der Waals surface area contributed by atoms with Gasteiger partial charge < -0.3 is 15.8 Å². The van der Waals surface area contributed by atoms with Gasteiger partial charge in [0.1, 0.15) is 0 Å². The monoisotopic (exact) mass is 292 g/mol. The quantitative estimate of drug-likeness (QED) is 0.675. The van der Waals surface area contributed by atoms with Gasteiger partial charge in [0.05, 0.1) is 18.1 Å². The molecule has 0 heterocycles. The van der Waals surface area contributed by atoms with Gasteiger partial charge >= 0.3 is 0 Å². The second-order valence-corrected chi connectivity index (χ2v) is 5.22. The van der Waals surface area contributed by atoms with E-state index in [0.29, 0.717) is 25.8 Å². The Morgan fingerprint density at radius 3 is 2.37 bits per heavy atom. The Labute approximate surface area is 123 Å². The van der Waals surface area contributed by atoms with Crippen LogP contribution in [0.2, 0.25) is 0 Å². The summed E-state index contributed by atoms with van der Waals surface area (Å²) in [6.45, 7) is 5.66. The predicted octanol–water partition coefficient (Wildman–Crippen LogP) is 2.25. The molecule has 1 fully saturated rings. The summed E-state index contributed by atoms with van der Waals surface area (Å²) < 4.78 is 5.72. The molecule has 0 aromatic rings. The molecule has 114 valence electrons. The number of hydrogen-bond donors (Lipinski definition) is 2. The van der Waals surface area contributed by atoms with Crippen LogP contribution in [0.3, 0.4) is 0 Å². The molecular formula is C14H29ClN2O2. The molecule has 1 saturated carbocycles. The van der Waals surface area contributed by atoms with E-state index >= 15 is 0 Å². The Hall–Kier alpha value is -0.320. The third kappa shape index (κ3) is 5.28. The SMILES string of the molecule is CCC(CC)(CN)C(=O)NCCOC1CCCC1.Cl. The van der Waals surface area contributed by atoms with Gasteiger partial charge in [0.15, 0.2) is 0 Å². The highest BCUT2D eigenvalue weighted by atomic mass is 35.5. The predicted molar refractivity (Wildman–Crippen MR) is 80.5 cm³/mol. The van der Waals surface area contributed by atoms with Crippen molar-refractivity contribution in [2.75, 3.05) is 19.7 Å². The van der Waals surface area contributed by atoms with Crippen LogP contribution in [0, 0.1) is 5.41 Å². The molecule has 1 amide bonds. The Morgan fingerprint density at radius 1 is 1.32 bits per heavy atom. The molecule has 0 unspecified atom stereocenters. The minimum atomic E-state index is -0.395. The molecule has 0 radical (unpaired) electrons. The van der Waals surface area contributed by atoms with Crippen LogP contribution in [0.1, 0.15) is 52.4 Å². The lowest BCUT2D eigenvalue weighted by Gasteiger charge is -2.28. The molecular weight excluding hydrogens is 264 g/mol. The molecule has 19 heavy (non-hydrogen) atoms. The molecule has 3 N–H and O–H groups in total. The van der Waals surface area contributed by atoms with Crippen molar-refractivity contribution in [3.8, 4) is 0 Å². The minimum absolute atomic E-state index is 0. The lowest BCUT2D eigenvalue weighted by Crippen LogP contribution is -2.46. The second kappa shape index (κ2) is 9.56. The fraction of sp³-hybridized carbons (Fsp3) is 0.929. The Kier molecular flexibility index (Phi) is 9.40. The molecule has 0 aliphatic heterocycles. The van der Waals surface area contributed by atoms with E-state index in [1.807, 2.05) is 13.8 Å². The van der Waals surface area contributed by atoms with Gasteiger partial charge in [-0.15, -0.1) is 12.4 Å². The van der Waals surface area contributed by atoms with Crippen LogP contribution < -0.4 is 11.1 Å². The maximum absolute atomic E-state index is 12.1. The van der Waals surface area contributed by atoms with Crippen LogP contribution in [0.5, 0.6) is 0 Å². The van der Waals surface area contributed by atoms with E-state index in [1.54, 1.807) is 0 Å². The standard InChI is InChI=1S/C14H28N2O2.ClH/c1-3-14(4-2,11-15)13(17)16-9-10-18-12-7-5-6-8-12;/h12H,3-11,15H2,1-2H3,(H,16,17);1H. The van der Waals surface area contributed by atoms with Crippen molar-refractivity contribution in [3.63, 3.8) is 0 Å². The van der Waals surface area contributed by atoms with Gasteiger partial charge in [-0.1, -0.05) is 26.7 Å². The molecule has 0 atom stereocenters. The Bertz CT molecular complexity index is 244. The minimum Gasteiger partial charge on any atom is -0.376 e. The van der Waals surface area contributed by atoms with E-state index in [0.717, 1.165) is 12.8 Å². The number of nitrogens with one attached hydrogen (secondary N) is 1. The summed E-state index contributed by atoms with van der Waals surface area (Å²) in [5.41, 5.74) is 5.35. The smallest absolute Gasteiger partial charge is 0.227 e. The first kappa shape index (κ1) is 18.7. The van der Waals surface area contributed by atoms with Gasteiger partial charge in [0, 0.05) is 13.1 Å².